The minimum atomic E-state index is -0.122. The van der Waals surface area contributed by atoms with E-state index >= 15 is 0 Å². The number of carbonyl (C=O) groups is 1. The van der Waals surface area contributed by atoms with E-state index in [4.69, 9.17) is 9.05 Å². The Morgan fingerprint density at radius 1 is 1.07 bits per heavy atom. The zero-order valence-electron chi connectivity index (χ0n) is 16.5. The molecule has 7 nitrogen and oxygen atoms in total. The lowest BCUT2D eigenvalue weighted by atomic mass is 10.1. The van der Waals surface area contributed by atoms with Gasteiger partial charge in [0, 0.05) is 19.0 Å². The maximum absolute atomic E-state index is 12.8. The molecule has 0 aliphatic rings. The monoisotopic (exact) mass is 390 g/mol. The molecule has 0 fully saturated rings. The number of carbonyl (C=O) groups excluding carboxylic acids is 1. The van der Waals surface area contributed by atoms with Crippen LogP contribution >= 0.6 is 0 Å². The third-order valence-electron chi connectivity index (χ3n) is 4.86. The van der Waals surface area contributed by atoms with Gasteiger partial charge in [0.1, 0.15) is 16.9 Å². The number of nitrogens with zero attached hydrogens (tertiary/aromatic N) is 4. The summed E-state index contributed by atoms with van der Waals surface area (Å²) in [6.07, 6.45) is 2.69. The van der Waals surface area contributed by atoms with Crippen LogP contribution < -0.4 is 0 Å². The van der Waals surface area contributed by atoms with E-state index in [9.17, 15) is 4.79 Å². The van der Waals surface area contributed by atoms with Crippen LogP contribution in [0.25, 0.3) is 11.1 Å². The molecule has 1 amide bonds. The standard InChI is InChI=1S/C22H22N4O3/c1-15-19(25-29-24-15)14-26(2)22(27)17-11-12-20-18(13-17)23-21(28-20)10-6-9-16-7-4-3-5-8-16/h3-5,7-8,11-13H,6,9-10,14H2,1-2H3. The van der Waals surface area contributed by atoms with Gasteiger partial charge in [0.15, 0.2) is 11.5 Å². The van der Waals surface area contributed by atoms with Gasteiger partial charge < -0.3 is 9.32 Å². The van der Waals surface area contributed by atoms with Gasteiger partial charge in [0.05, 0.1) is 6.54 Å². The first-order valence-corrected chi connectivity index (χ1v) is 9.57. The molecular weight excluding hydrogens is 368 g/mol. The van der Waals surface area contributed by atoms with Gasteiger partial charge in [-0.2, -0.15) is 0 Å². The first-order valence-electron chi connectivity index (χ1n) is 9.57. The lowest BCUT2D eigenvalue weighted by Crippen LogP contribution is -2.26. The van der Waals surface area contributed by atoms with E-state index in [0.717, 1.165) is 19.3 Å². The number of hydrogen-bond acceptors (Lipinski definition) is 6. The normalized spacial score (nSPS) is 11.1. The third-order valence-corrected chi connectivity index (χ3v) is 4.86. The maximum Gasteiger partial charge on any atom is 0.254 e. The van der Waals surface area contributed by atoms with Crippen molar-refractivity contribution in [2.75, 3.05) is 7.05 Å². The zero-order valence-corrected chi connectivity index (χ0v) is 16.5. The first-order chi connectivity index (χ1) is 14.1. The van der Waals surface area contributed by atoms with Crippen molar-refractivity contribution in [2.24, 2.45) is 0 Å². The summed E-state index contributed by atoms with van der Waals surface area (Å²) in [6, 6.07) is 15.7. The highest BCUT2D eigenvalue weighted by Crippen LogP contribution is 2.20. The largest absolute Gasteiger partial charge is 0.441 e. The number of aryl methyl sites for hydroxylation is 3. The fourth-order valence-electron chi connectivity index (χ4n) is 3.21. The van der Waals surface area contributed by atoms with Gasteiger partial charge in [0.25, 0.3) is 5.91 Å². The van der Waals surface area contributed by atoms with Crippen molar-refractivity contribution < 1.29 is 13.8 Å². The number of hydrogen-bond donors (Lipinski definition) is 0. The number of aromatic nitrogens is 3. The van der Waals surface area contributed by atoms with Gasteiger partial charge in [-0.3, -0.25) is 4.79 Å². The molecule has 0 bridgehead atoms. The van der Waals surface area contributed by atoms with Crippen LogP contribution in [0.5, 0.6) is 0 Å². The Morgan fingerprint density at radius 2 is 1.90 bits per heavy atom. The van der Waals surface area contributed by atoms with Crippen molar-refractivity contribution in [2.45, 2.75) is 32.7 Å². The molecule has 0 radical (unpaired) electrons. The third kappa shape index (κ3) is 4.34. The van der Waals surface area contributed by atoms with Gasteiger partial charge in [-0.25, -0.2) is 9.61 Å². The summed E-state index contributed by atoms with van der Waals surface area (Å²) >= 11 is 0. The fourth-order valence-corrected chi connectivity index (χ4v) is 3.21. The molecule has 4 rings (SSSR count). The molecule has 0 saturated heterocycles. The second-order valence-electron chi connectivity index (χ2n) is 7.09. The van der Waals surface area contributed by atoms with Gasteiger partial charge in [-0.1, -0.05) is 40.6 Å². The Kier molecular flexibility index (Phi) is 5.37. The van der Waals surface area contributed by atoms with Crippen molar-refractivity contribution in [1.82, 2.24) is 20.2 Å². The van der Waals surface area contributed by atoms with Crippen LogP contribution in [0.4, 0.5) is 0 Å². The number of amides is 1. The molecular formula is C22H22N4O3. The van der Waals surface area contributed by atoms with Crippen LogP contribution in [0.15, 0.2) is 57.6 Å². The average molecular weight is 390 g/mol. The SMILES string of the molecule is Cc1nonc1CN(C)C(=O)c1ccc2oc(CCCc3ccccc3)nc2c1. The molecule has 148 valence electrons. The molecule has 4 aromatic rings. The second-order valence-corrected chi connectivity index (χ2v) is 7.09. The predicted molar refractivity (Wildman–Crippen MR) is 107 cm³/mol. The van der Waals surface area contributed by atoms with Crippen LogP contribution in [-0.4, -0.2) is 33.2 Å². The van der Waals surface area contributed by atoms with Gasteiger partial charge >= 0.3 is 0 Å². The van der Waals surface area contributed by atoms with Crippen molar-refractivity contribution in [3.63, 3.8) is 0 Å². The summed E-state index contributed by atoms with van der Waals surface area (Å²) in [4.78, 5) is 18.9. The highest BCUT2D eigenvalue weighted by atomic mass is 16.6. The molecule has 0 atom stereocenters. The van der Waals surface area contributed by atoms with E-state index in [-0.39, 0.29) is 5.91 Å². The minimum absolute atomic E-state index is 0.122. The van der Waals surface area contributed by atoms with Crippen LogP contribution in [-0.2, 0) is 19.4 Å². The highest BCUT2D eigenvalue weighted by molar-refractivity contribution is 5.96. The predicted octanol–water partition coefficient (Wildman–Crippen LogP) is 3.97. The summed E-state index contributed by atoms with van der Waals surface area (Å²) in [7, 11) is 1.72. The van der Waals surface area contributed by atoms with E-state index in [2.05, 4.69) is 27.4 Å². The van der Waals surface area contributed by atoms with Crippen molar-refractivity contribution in [3.8, 4) is 0 Å². The van der Waals surface area contributed by atoms with E-state index in [1.165, 1.54) is 5.56 Å². The second kappa shape index (κ2) is 8.26. The molecule has 2 aromatic heterocycles. The molecule has 29 heavy (non-hydrogen) atoms. The fraction of sp³-hybridized carbons (Fsp3) is 0.273. The molecule has 2 heterocycles. The number of rotatable bonds is 7. The highest BCUT2D eigenvalue weighted by Gasteiger charge is 2.17. The smallest absolute Gasteiger partial charge is 0.254 e. The summed E-state index contributed by atoms with van der Waals surface area (Å²) in [5.41, 5.74) is 4.56. The van der Waals surface area contributed by atoms with Gasteiger partial charge in [-0.05, 0) is 43.5 Å². The summed E-state index contributed by atoms with van der Waals surface area (Å²) in [5, 5.41) is 7.57. The lowest BCUT2D eigenvalue weighted by Gasteiger charge is -2.15. The Labute approximate surface area is 168 Å². The lowest BCUT2D eigenvalue weighted by molar-refractivity contribution is 0.0782. The molecule has 0 unspecified atom stereocenters. The van der Waals surface area contributed by atoms with Crippen molar-refractivity contribution in [1.29, 1.82) is 0 Å². The summed E-state index contributed by atoms with van der Waals surface area (Å²) < 4.78 is 10.5. The number of oxazole rings is 1. The topological polar surface area (TPSA) is 85.3 Å². The van der Waals surface area contributed by atoms with E-state index < -0.39 is 0 Å². The summed E-state index contributed by atoms with van der Waals surface area (Å²) in [6.45, 7) is 2.13. The molecule has 0 aliphatic carbocycles. The molecule has 0 saturated carbocycles. The minimum Gasteiger partial charge on any atom is -0.441 e. The van der Waals surface area contributed by atoms with Gasteiger partial charge in [0.2, 0.25) is 0 Å². The van der Waals surface area contributed by atoms with Crippen LogP contribution in [0.2, 0.25) is 0 Å². The molecule has 2 aromatic carbocycles. The molecule has 0 spiro atoms. The zero-order chi connectivity index (χ0) is 20.2. The van der Waals surface area contributed by atoms with Gasteiger partial charge in [-0.15, -0.1) is 0 Å². The molecule has 0 aliphatic heterocycles. The average Bonchev–Trinajstić information content (AvgIpc) is 3.33. The maximum atomic E-state index is 12.8. The Morgan fingerprint density at radius 3 is 2.66 bits per heavy atom. The van der Waals surface area contributed by atoms with Crippen molar-refractivity contribution >= 4 is 17.0 Å². The summed E-state index contributed by atoms with van der Waals surface area (Å²) in [5.74, 6) is 0.570. The quantitative estimate of drug-likeness (QED) is 0.475. The van der Waals surface area contributed by atoms with E-state index in [1.807, 2.05) is 18.2 Å². The Balaban J connectivity index is 1.42. The van der Waals surface area contributed by atoms with Crippen molar-refractivity contribution in [3.05, 3.63) is 76.9 Å². The molecule has 0 N–H and O–H groups in total. The van der Waals surface area contributed by atoms with Crippen LogP contribution in [0.1, 0.15) is 39.6 Å². The van der Waals surface area contributed by atoms with Crippen LogP contribution in [0.3, 0.4) is 0 Å². The van der Waals surface area contributed by atoms with E-state index in [1.54, 1.807) is 37.1 Å². The molecule has 7 heteroatoms. The number of benzene rings is 2. The Bertz CT molecular complexity index is 1120. The Hall–Kier alpha value is -3.48. The first kappa shape index (κ1) is 18.9. The number of fused-ring (bicyclic) bond motifs is 1. The van der Waals surface area contributed by atoms with Crippen LogP contribution in [0, 0.1) is 6.92 Å². The van der Waals surface area contributed by atoms with E-state index in [0.29, 0.717) is 40.5 Å².